The molecule has 0 bridgehead atoms. The molecule has 1 saturated carbocycles. The van der Waals surface area contributed by atoms with E-state index in [9.17, 15) is 18.0 Å². The van der Waals surface area contributed by atoms with Gasteiger partial charge in [-0.15, -0.1) is 0 Å². The first-order valence-corrected chi connectivity index (χ1v) is 9.67. The van der Waals surface area contributed by atoms with Gasteiger partial charge in [-0.2, -0.15) is 23.4 Å². The summed E-state index contributed by atoms with van der Waals surface area (Å²) >= 11 is 0. The number of nitrogens with one attached hydrogen (secondary N) is 2. The van der Waals surface area contributed by atoms with Gasteiger partial charge in [0.05, 0.1) is 17.0 Å². The molecule has 3 aromatic rings. The first-order valence-electron chi connectivity index (χ1n) is 9.67. The maximum atomic E-state index is 12.9. The molecule has 0 saturated heterocycles. The molecule has 2 heterocycles. The molecule has 0 unspecified atom stereocenters. The minimum atomic E-state index is -4.35. The first-order chi connectivity index (χ1) is 14.1. The summed E-state index contributed by atoms with van der Waals surface area (Å²) in [6.07, 6.45) is -3.14. The van der Waals surface area contributed by atoms with Crippen LogP contribution in [0.3, 0.4) is 0 Å². The Balaban J connectivity index is 1.38. The Kier molecular flexibility index (Phi) is 4.91. The van der Waals surface area contributed by atoms with E-state index in [-0.39, 0.29) is 17.9 Å². The normalized spacial score (nSPS) is 18.9. The van der Waals surface area contributed by atoms with Crippen molar-refractivity contribution in [2.75, 3.05) is 0 Å². The zero-order valence-electron chi connectivity index (χ0n) is 16.8. The zero-order valence-corrected chi connectivity index (χ0v) is 16.8. The fourth-order valence-electron chi connectivity index (χ4n) is 3.95. The van der Waals surface area contributed by atoms with Crippen LogP contribution in [0.1, 0.15) is 51.8 Å². The van der Waals surface area contributed by atoms with Gasteiger partial charge < -0.3 is 5.32 Å². The molecule has 1 fully saturated rings. The number of hydrogen-bond acceptors (Lipinski definition) is 3. The van der Waals surface area contributed by atoms with Crippen molar-refractivity contribution < 1.29 is 18.0 Å². The molecule has 4 rings (SSSR count). The van der Waals surface area contributed by atoms with Crippen molar-refractivity contribution in [3.63, 3.8) is 0 Å². The number of H-pyrrole nitrogens is 1. The summed E-state index contributed by atoms with van der Waals surface area (Å²) in [6, 6.07) is 7.02. The highest BCUT2D eigenvalue weighted by molar-refractivity contribution is 5.93. The SMILES string of the molecule is Cc1nn(C)c(C)c1-c1cc(C(=O)NC2CC(c3cccc(C(F)(F)F)c3)C2)[nH]n1. The van der Waals surface area contributed by atoms with Crippen LogP contribution in [0.4, 0.5) is 13.2 Å². The van der Waals surface area contributed by atoms with Crippen molar-refractivity contribution in [1.29, 1.82) is 0 Å². The molecule has 1 aliphatic carbocycles. The molecule has 0 aliphatic heterocycles. The maximum Gasteiger partial charge on any atom is 0.416 e. The number of benzene rings is 1. The van der Waals surface area contributed by atoms with E-state index in [1.165, 1.54) is 12.1 Å². The van der Waals surface area contributed by atoms with E-state index in [0.29, 0.717) is 29.8 Å². The number of carbonyl (C=O) groups is 1. The molecule has 2 N–H and O–H groups in total. The van der Waals surface area contributed by atoms with E-state index in [4.69, 9.17) is 0 Å². The highest BCUT2D eigenvalue weighted by Gasteiger charge is 2.35. The van der Waals surface area contributed by atoms with Crippen molar-refractivity contribution in [3.8, 4) is 11.3 Å². The Morgan fingerprint density at radius 1 is 1.23 bits per heavy atom. The summed E-state index contributed by atoms with van der Waals surface area (Å²) in [7, 11) is 1.85. The number of carbonyl (C=O) groups excluding carboxylic acids is 1. The van der Waals surface area contributed by atoms with Crippen LogP contribution in [0.15, 0.2) is 30.3 Å². The van der Waals surface area contributed by atoms with Crippen LogP contribution in [0.5, 0.6) is 0 Å². The number of halogens is 3. The lowest BCUT2D eigenvalue weighted by Crippen LogP contribution is -2.43. The van der Waals surface area contributed by atoms with E-state index in [0.717, 1.165) is 23.0 Å². The quantitative estimate of drug-likeness (QED) is 0.671. The topological polar surface area (TPSA) is 75.6 Å². The number of aromatic nitrogens is 4. The average Bonchev–Trinajstić information content (AvgIpc) is 3.22. The average molecular weight is 417 g/mol. The largest absolute Gasteiger partial charge is 0.416 e. The molecule has 6 nitrogen and oxygen atoms in total. The van der Waals surface area contributed by atoms with Gasteiger partial charge in [-0.05, 0) is 50.3 Å². The molecule has 0 radical (unpaired) electrons. The number of nitrogens with zero attached hydrogens (tertiary/aromatic N) is 3. The van der Waals surface area contributed by atoms with Crippen LogP contribution in [0.25, 0.3) is 11.3 Å². The minimum Gasteiger partial charge on any atom is -0.348 e. The molecule has 0 atom stereocenters. The predicted octanol–water partition coefficient (Wildman–Crippen LogP) is 4.12. The van der Waals surface area contributed by atoms with Gasteiger partial charge in [0.25, 0.3) is 5.91 Å². The predicted molar refractivity (Wildman–Crippen MR) is 105 cm³/mol. The van der Waals surface area contributed by atoms with Crippen molar-refractivity contribution in [2.45, 2.75) is 44.8 Å². The molecule has 30 heavy (non-hydrogen) atoms. The summed E-state index contributed by atoms with van der Waals surface area (Å²) in [4.78, 5) is 12.5. The second kappa shape index (κ2) is 7.30. The van der Waals surface area contributed by atoms with Crippen LogP contribution >= 0.6 is 0 Å². The highest BCUT2D eigenvalue weighted by atomic mass is 19.4. The molecule has 0 spiro atoms. The van der Waals surface area contributed by atoms with E-state index in [2.05, 4.69) is 20.6 Å². The zero-order chi connectivity index (χ0) is 21.6. The van der Waals surface area contributed by atoms with E-state index in [1.807, 2.05) is 20.9 Å². The van der Waals surface area contributed by atoms with Crippen LogP contribution in [0.2, 0.25) is 0 Å². The molecular weight excluding hydrogens is 395 g/mol. The van der Waals surface area contributed by atoms with Crippen molar-refractivity contribution in [3.05, 3.63) is 58.5 Å². The van der Waals surface area contributed by atoms with Gasteiger partial charge in [0.2, 0.25) is 0 Å². The van der Waals surface area contributed by atoms with Crippen molar-refractivity contribution >= 4 is 5.91 Å². The minimum absolute atomic E-state index is 0.00983. The second-order valence-corrected chi connectivity index (χ2v) is 7.80. The molecule has 1 aliphatic rings. The first kappa shape index (κ1) is 20.2. The van der Waals surface area contributed by atoms with Crippen molar-refractivity contribution in [1.82, 2.24) is 25.3 Å². The standard InChI is InChI=1S/C21H22F3N5O/c1-11-19(12(2)29(3)28-11)17-10-18(27-26-17)20(30)25-16-8-14(9-16)13-5-4-6-15(7-13)21(22,23)24/h4-7,10,14,16H,8-9H2,1-3H3,(H,25,30)(H,26,27). The molecule has 1 amide bonds. The van der Waals surface area contributed by atoms with Gasteiger partial charge in [-0.1, -0.05) is 18.2 Å². The Bertz CT molecular complexity index is 1090. The number of hydrogen-bond donors (Lipinski definition) is 2. The van der Waals surface area contributed by atoms with Crippen molar-refractivity contribution in [2.24, 2.45) is 7.05 Å². The Labute approximate surface area is 171 Å². The monoisotopic (exact) mass is 417 g/mol. The highest BCUT2D eigenvalue weighted by Crippen LogP contribution is 2.39. The lowest BCUT2D eigenvalue weighted by molar-refractivity contribution is -0.137. The van der Waals surface area contributed by atoms with Gasteiger partial charge in [0.1, 0.15) is 5.69 Å². The second-order valence-electron chi connectivity index (χ2n) is 7.80. The Morgan fingerprint density at radius 3 is 2.60 bits per heavy atom. The third-order valence-corrected chi connectivity index (χ3v) is 5.75. The lowest BCUT2D eigenvalue weighted by Gasteiger charge is -2.36. The smallest absolute Gasteiger partial charge is 0.348 e. The van der Waals surface area contributed by atoms with E-state index in [1.54, 1.807) is 16.8 Å². The van der Waals surface area contributed by atoms with E-state index >= 15 is 0 Å². The fourth-order valence-corrected chi connectivity index (χ4v) is 3.95. The van der Waals surface area contributed by atoms with Crippen LogP contribution < -0.4 is 5.32 Å². The van der Waals surface area contributed by atoms with Crippen LogP contribution in [-0.2, 0) is 13.2 Å². The molecule has 2 aromatic heterocycles. The van der Waals surface area contributed by atoms with Gasteiger partial charge in [-0.3, -0.25) is 14.6 Å². The summed E-state index contributed by atoms with van der Waals surface area (Å²) in [5.74, 6) is -0.268. The summed E-state index contributed by atoms with van der Waals surface area (Å²) in [6.45, 7) is 3.82. The number of aromatic amines is 1. The number of rotatable bonds is 4. The Morgan fingerprint density at radius 2 is 1.97 bits per heavy atom. The number of alkyl halides is 3. The van der Waals surface area contributed by atoms with Gasteiger partial charge in [-0.25, -0.2) is 0 Å². The fraction of sp³-hybridized carbons (Fsp3) is 0.381. The van der Waals surface area contributed by atoms with Crippen LogP contribution in [0, 0.1) is 13.8 Å². The molecular formula is C21H22F3N5O. The van der Waals surface area contributed by atoms with E-state index < -0.39 is 11.7 Å². The summed E-state index contributed by atoms with van der Waals surface area (Å²) in [5.41, 5.74) is 3.68. The van der Waals surface area contributed by atoms with Gasteiger partial charge in [0.15, 0.2) is 0 Å². The number of aryl methyl sites for hydroxylation is 2. The van der Waals surface area contributed by atoms with Crippen LogP contribution in [-0.4, -0.2) is 31.9 Å². The van der Waals surface area contributed by atoms with Gasteiger partial charge in [0, 0.05) is 24.3 Å². The lowest BCUT2D eigenvalue weighted by atomic mass is 9.75. The molecule has 158 valence electrons. The summed E-state index contributed by atoms with van der Waals surface area (Å²) < 4.78 is 40.4. The number of amides is 1. The third kappa shape index (κ3) is 3.71. The maximum absolute atomic E-state index is 12.9. The Hall–Kier alpha value is -3.10. The summed E-state index contributed by atoms with van der Waals surface area (Å²) in [5, 5.41) is 14.3. The third-order valence-electron chi connectivity index (χ3n) is 5.75. The molecule has 9 heteroatoms. The van der Waals surface area contributed by atoms with Gasteiger partial charge >= 0.3 is 6.18 Å². The molecule has 1 aromatic carbocycles.